The molecule has 4 nitrogen and oxygen atoms in total. The van der Waals surface area contributed by atoms with Gasteiger partial charge in [0.25, 0.3) is 0 Å². The van der Waals surface area contributed by atoms with Crippen LogP contribution in [0.4, 0.5) is 0 Å². The fourth-order valence-electron chi connectivity index (χ4n) is 3.80. The van der Waals surface area contributed by atoms with Crippen molar-refractivity contribution < 1.29 is 9.59 Å². The van der Waals surface area contributed by atoms with Crippen LogP contribution in [0.5, 0.6) is 0 Å². The summed E-state index contributed by atoms with van der Waals surface area (Å²) in [5.41, 5.74) is 1.02. The topological polar surface area (TPSA) is 49.4 Å². The lowest BCUT2D eigenvalue weighted by atomic mass is 9.95. The highest BCUT2D eigenvalue weighted by Gasteiger charge is 2.30. The number of nitrogens with zero attached hydrogens (tertiary/aromatic N) is 1. The molecule has 1 aromatic heterocycles. The fourth-order valence-corrected chi connectivity index (χ4v) is 4.59. The van der Waals surface area contributed by atoms with Crippen molar-refractivity contribution in [3.63, 3.8) is 0 Å². The molecule has 150 valence electrons. The van der Waals surface area contributed by atoms with Gasteiger partial charge in [0.15, 0.2) is 0 Å². The molecule has 1 aromatic carbocycles. The molecule has 1 saturated heterocycles. The number of likely N-dealkylation sites (tertiary alicyclic amines) is 1. The Balaban J connectivity index is 1.59. The Morgan fingerprint density at radius 1 is 1.18 bits per heavy atom. The van der Waals surface area contributed by atoms with E-state index in [0.29, 0.717) is 18.9 Å². The monoisotopic (exact) mass is 398 g/mol. The van der Waals surface area contributed by atoms with E-state index < -0.39 is 0 Å². The van der Waals surface area contributed by atoms with Crippen LogP contribution in [0.15, 0.2) is 47.8 Å². The highest BCUT2D eigenvalue weighted by atomic mass is 32.1. The lowest BCUT2D eigenvalue weighted by Crippen LogP contribution is -2.46. The van der Waals surface area contributed by atoms with Crippen molar-refractivity contribution in [3.8, 4) is 0 Å². The maximum atomic E-state index is 13.0. The number of benzene rings is 1. The molecule has 0 saturated carbocycles. The van der Waals surface area contributed by atoms with E-state index in [1.165, 1.54) is 4.88 Å². The average Bonchev–Trinajstić information content (AvgIpc) is 3.23. The van der Waals surface area contributed by atoms with Crippen molar-refractivity contribution in [3.05, 3.63) is 58.3 Å². The molecule has 1 aliphatic heterocycles. The van der Waals surface area contributed by atoms with Crippen molar-refractivity contribution in [2.24, 2.45) is 11.8 Å². The zero-order chi connectivity index (χ0) is 19.9. The third-order valence-electron chi connectivity index (χ3n) is 5.25. The number of thiophene rings is 1. The molecule has 2 atom stereocenters. The van der Waals surface area contributed by atoms with Crippen LogP contribution in [-0.4, -0.2) is 29.8 Å². The number of piperidine rings is 1. The van der Waals surface area contributed by atoms with Crippen molar-refractivity contribution in [1.82, 2.24) is 10.2 Å². The van der Waals surface area contributed by atoms with Crippen LogP contribution in [0.3, 0.4) is 0 Å². The fraction of sp³-hybridized carbons (Fsp3) is 0.478. The van der Waals surface area contributed by atoms with Crippen molar-refractivity contribution >= 4 is 23.2 Å². The zero-order valence-electron chi connectivity index (χ0n) is 16.8. The standard InChI is InChI=1S/C23H30N2O2S/c1-17(2)14-20(21-11-7-13-28-21)24-23(27)19-10-6-12-25(16-19)22(26)15-18-8-4-3-5-9-18/h3-5,7-9,11,13,17,19-20H,6,10,12,14-16H2,1-2H3,(H,24,27)/t19-,20-/m1/s1. The summed E-state index contributed by atoms with van der Waals surface area (Å²) in [6, 6.07) is 14.0. The van der Waals surface area contributed by atoms with Gasteiger partial charge in [-0.2, -0.15) is 0 Å². The van der Waals surface area contributed by atoms with Crippen LogP contribution in [-0.2, 0) is 16.0 Å². The number of rotatable bonds is 7. The summed E-state index contributed by atoms with van der Waals surface area (Å²) in [4.78, 5) is 28.7. The number of hydrogen-bond donors (Lipinski definition) is 1. The van der Waals surface area contributed by atoms with Crippen molar-refractivity contribution in [2.45, 2.75) is 45.6 Å². The minimum Gasteiger partial charge on any atom is -0.348 e. The van der Waals surface area contributed by atoms with E-state index >= 15 is 0 Å². The molecule has 2 heterocycles. The lowest BCUT2D eigenvalue weighted by Gasteiger charge is -2.33. The molecular weight excluding hydrogens is 368 g/mol. The van der Waals surface area contributed by atoms with Crippen LogP contribution < -0.4 is 5.32 Å². The summed E-state index contributed by atoms with van der Waals surface area (Å²) in [5.74, 6) is 0.572. The van der Waals surface area contributed by atoms with Crippen molar-refractivity contribution in [2.75, 3.05) is 13.1 Å². The Bertz CT molecular complexity index is 758. The molecule has 2 amide bonds. The number of hydrogen-bond acceptors (Lipinski definition) is 3. The third kappa shape index (κ3) is 5.68. The van der Waals surface area contributed by atoms with E-state index in [9.17, 15) is 9.59 Å². The van der Waals surface area contributed by atoms with Gasteiger partial charge in [-0.1, -0.05) is 50.2 Å². The second kappa shape index (κ2) is 9.87. The first-order valence-electron chi connectivity index (χ1n) is 10.2. The van der Waals surface area contributed by atoms with Crippen molar-refractivity contribution in [1.29, 1.82) is 0 Å². The summed E-state index contributed by atoms with van der Waals surface area (Å²) < 4.78 is 0. The van der Waals surface area contributed by atoms with Gasteiger partial charge < -0.3 is 10.2 Å². The number of carbonyl (C=O) groups excluding carboxylic acids is 2. The average molecular weight is 399 g/mol. The molecule has 1 aliphatic rings. The van der Waals surface area contributed by atoms with Crippen LogP contribution in [0.2, 0.25) is 0 Å². The first-order valence-corrected chi connectivity index (χ1v) is 11.1. The Kier molecular flexibility index (Phi) is 7.26. The molecular formula is C23H30N2O2S. The SMILES string of the molecule is CC(C)C[C@@H](NC(=O)[C@@H]1CCCN(C(=O)Cc2ccccc2)C1)c1cccs1. The van der Waals surface area contributed by atoms with Gasteiger partial charge in [0, 0.05) is 18.0 Å². The van der Waals surface area contributed by atoms with E-state index in [0.717, 1.165) is 31.4 Å². The van der Waals surface area contributed by atoms with Gasteiger partial charge in [0.1, 0.15) is 0 Å². The van der Waals surface area contributed by atoms with Gasteiger partial charge in [0.2, 0.25) is 11.8 Å². The Morgan fingerprint density at radius 2 is 1.96 bits per heavy atom. The zero-order valence-corrected chi connectivity index (χ0v) is 17.6. The Morgan fingerprint density at radius 3 is 2.64 bits per heavy atom. The predicted molar refractivity (Wildman–Crippen MR) is 114 cm³/mol. The molecule has 0 radical (unpaired) electrons. The lowest BCUT2D eigenvalue weighted by molar-refractivity contribution is -0.135. The van der Waals surface area contributed by atoms with E-state index in [-0.39, 0.29) is 23.8 Å². The minimum atomic E-state index is -0.122. The molecule has 0 spiro atoms. The predicted octanol–water partition coefficient (Wildman–Crippen LogP) is 4.43. The maximum Gasteiger partial charge on any atom is 0.227 e. The summed E-state index contributed by atoms with van der Waals surface area (Å²) in [7, 11) is 0. The highest BCUT2D eigenvalue weighted by Crippen LogP contribution is 2.27. The molecule has 0 unspecified atom stereocenters. The second-order valence-corrected chi connectivity index (χ2v) is 9.03. The van der Waals surface area contributed by atoms with Crippen LogP contribution in [0, 0.1) is 11.8 Å². The molecule has 1 fully saturated rings. The molecule has 0 aliphatic carbocycles. The Labute approximate surface area is 172 Å². The minimum absolute atomic E-state index is 0.0582. The summed E-state index contributed by atoms with van der Waals surface area (Å²) in [6.45, 7) is 5.63. The van der Waals surface area contributed by atoms with E-state index in [2.05, 4.69) is 30.6 Å². The van der Waals surface area contributed by atoms with E-state index in [4.69, 9.17) is 0 Å². The summed E-state index contributed by atoms with van der Waals surface area (Å²) in [6.07, 6.45) is 3.06. The van der Waals surface area contributed by atoms with Crippen LogP contribution >= 0.6 is 11.3 Å². The summed E-state index contributed by atoms with van der Waals surface area (Å²) >= 11 is 1.69. The highest BCUT2D eigenvalue weighted by molar-refractivity contribution is 7.10. The number of amides is 2. The van der Waals surface area contributed by atoms with Crippen LogP contribution in [0.25, 0.3) is 0 Å². The van der Waals surface area contributed by atoms with Gasteiger partial charge in [0.05, 0.1) is 18.4 Å². The first-order chi connectivity index (χ1) is 13.5. The van der Waals surface area contributed by atoms with Gasteiger partial charge in [-0.05, 0) is 42.2 Å². The Hall–Kier alpha value is -2.14. The number of nitrogens with one attached hydrogen (secondary N) is 1. The normalized spacial score (nSPS) is 18.1. The number of carbonyl (C=O) groups is 2. The molecule has 5 heteroatoms. The van der Waals surface area contributed by atoms with Gasteiger partial charge in [-0.15, -0.1) is 11.3 Å². The molecule has 28 heavy (non-hydrogen) atoms. The van der Waals surface area contributed by atoms with Gasteiger partial charge in [-0.3, -0.25) is 9.59 Å². The maximum absolute atomic E-state index is 13.0. The third-order valence-corrected chi connectivity index (χ3v) is 6.24. The quantitative estimate of drug-likeness (QED) is 0.750. The first kappa shape index (κ1) is 20.6. The van der Waals surface area contributed by atoms with Gasteiger partial charge in [-0.25, -0.2) is 0 Å². The molecule has 0 bridgehead atoms. The smallest absolute Gasteiger partial charge is 0.227 e. The van der Waals surface area contributed by atoms with E-state index in [1.54, 1.807) is 11.3 Å². The van der Waals surface area contributed by atoms with E-state index in [1.807, 2.05) is 41.3 Å². The van der Waals surface area contributed by atoms with Gasteiger partial charge >= 0.3 is 0 Å². The molecule has 2 aromatic rings. The molecule has 3 rings (SSSR count). The largest absolute Gasteiger partial charge is 0.348 e. The van der Waals surface area contributed by atoms with Crippen LogP contribution in [0.1, 0.15) is 49.6 Å². The molecule has 1 N–H and O–H groups in total. The second-order valence-electron chi connectivity index (χ2n) is 8.05. The summed E-state index contributed by atoms with van der Waals surface area (Å²) in [5, 5.41) is 5.32.